The van der Waals surface area contributed by atoms with Gasteiger partial charge in [0.25, 0.3) is 0 Å². The van der Waals surface area contributed by atoms with Gasteiger partial charge >= 0.3 is 5.97 Å². The average molecular weight is 413 g/mol. The van der Waals surface area contributed by atoms with E-state index in [1.807, 2.05) is 0 Å². The molecule has 0 aromatic heterocycles. The number of hydrogen-bond acceptors (Lipinski definition) is 6. The number of nitrogens with zero attached hydrogens (tertiary/aromatic N) is 2. The Morgan fingerprint density at radius 2 is 1.77 bits per heavy atom. The van der Waals surface area contributed by atoms with Crippen LogP contribution in [0.25, 0.3) is 0 Å². The Labute approximate surface area is 175 Å². The Morgan fingerprint density at radius 3 is 2.50 bits per heavy atom. The van der Waals surface area contributed by atoms with Crippen molar-refractivity contribution in [2.24, 2.45) is 10.2 Å². The lowest BCUT2D eigenvalue weighted by Crippen LogP contribution is -2.28. The number of carbonyl (C=O) groups excluding carboxylic acids is 1. The molecule has 0 bridgehead atoms. The number of amides is 1. The lowest BCUT2D eigenvalue weighted by molar-refractivity contribution is -0.122. The van der Waals surface area contributed by atoms with Crippen LogP contribution < -0.4 is 5.32 Å². The molecular formula is C22H27N3O5. The first-order chi connectivity index (χ1) is 14.4. The first kappa shape index (κ1) is 23.0. The van der Waals surface area contributed by atoms with Crippen LogP contribution in [-0.4, -0.2) is 40.3 Å². The summed E-state index contributed by atoms with van der Waals surface area (Å²) in [4.78, 5) is 23.7. The third kappa shape index (κ3) is 6.66. The normalized spacial score (nSPS) is 12.1. The maximum absolute atomic E-state index is 12.4. The fraction of sp³-hybridized carbons (Fsp3) is 0.364. The highest BCUT2D eigenvalue weighted by Crippen LogP contribution is 2.31. The quantitative estimate of drug-likeness (QED) is 0.322. The number of aromatic carboxylic acids is 1. The summed E-state index contributed by atoms with van der Waals surface area (Å²) in [6.07, 6.45) is 3.42. The molecular weight excluding hydrogens is 386 g/mol. The number of azo groups is 1. The highest BCUT2D eigenvalue weighted by molar-refractivity contribution is 5.93. The number of phenols is 1. The minimum Gasteiger partial charge on any atom is -0.508 e. The van der Waals surface area contributed by atoms with Crippen molar-refractivity contribution < 1.29 is 24.9 Å². The van der Waals surface area contributed by atoms with Crippen molar-refractivity contribution in [3.8, 4) is 5.75 Å². The molecule has 0 saturated carbocycles. The van der Waals surface area contributed by atoms with Gasteiger partial charge in [0, 0.05) is 18.7 Å². The first-order valence-electron chi connectivity index (χ1n) is 9.89. The molecule has 0 aliphatic heterocycles. The van der Waals surface area contributed by atoms with Crippen LogP contribution >= 0.6 is 0 Å². The van der Waals surface area contributed by atoms with E-state index in [0.29, 0.717) is 17.8 Å². The standard InChI is InChI=1S/C22H27N3O5/c1-15(21(28)23-12-6-2-3-7-13-26)18-14-16(10-11-20(18)27)24-25-19-9-5-4-8-17(19)22(29)30/h4-5,8-11,14-15,26-27H,2-3,6-7,12-13H2,1H3,(H,23,28)(H,29,30)/b25-24+. The summed E-state index contributed by atoms with van der Waals surface area (Å²) in [7, 11) is 0. The molecule has 0 heterocycles. The molecule has 2 rings (SSSR count). The van der Waals surface area contributed by atoms with Gasteiger partial charge in [-0.05, 0) is 50.1 Å². The number of carbonyl (C=O) groups is 2. The third-order valence-corrected chi connectivity index (χ3v) is 4.66. The Balaban J connectivity index is 2.06. The number of aliphatic hydroxyl groups excluding tert-OH is 1. The van der Waals surface area contributed by atoms with E-state index in [0.717, 1.165) is 25.7 Å². The zero-order valence-electron chi connectivity index (χ0n) is 16.9. The predicted molar refractivity (Wildman–Crippen MR) is 113 cm³/mol. The molecule has 1 amide bonds. The SMILES string of the molecule is CC(C(=O)NCCCCCCO)c1cc(/N=N/c2ccccc2C(=O)O)ccc1O. The summed E-state index contributed by atoms with van der Waals surface area (Å²) >= 11 is 0. The Morgan fingerprint density at radius 1 is 1.03 bits per heavy atom. The van der Waals surface area contributed by atoms with E-state index < -0.39 is 11.9 Å². The second kappa shape index (κ2) is 11.7. The van der Waals surface area contributed by atoms with Crippen LogP contribution in [0.2, 0.25) is 0 Å². The Kier molecular flexibility index (Phi) is 8.96. The number of rotatable bonds is 11. The number of nitrogens with one attached hydrogen (secondary N) is 1. The fourth-order valence-corrected chi connectivity index (χ4v) is 2.90. The zero-order valence-corrected chi connectivity index (χ0v) is 16.9. The highest BCUT2D eigenvalue weighted by Gasteiger charge is 2.19. The molecule has 0 saturated heterocycles. The average Bonchev–Trinajstić information content (AvgIpc) is 2.75. The molecule has 0 fully saturated rings. The van der Waals surface area contributed by atoms with Crippen LogP contribution in [0.3, 0.4) is 0 Å². The number of hydrogen-bond donors (Lipinski definition) is 4. The molecule has 160 valence electrons. The van der Waals surface area contributed by atoms with E-state index in [1.165, 1.54) is 18.2 Å². The summed E-state index contributed by atoms with van der Waals surface area (Å²) in [6, 6.07) is 10.8. The molecule has 2 aromatic rings. The van der Waals surface area contributed by atoms with E-state index in [2.05, 4.69) is 15.5 Å². The van der Waals surface area contributed by atoms with Gasteiger partial charge < -0.3 is 20.6 Å². The molecule has 30 heavy (non-hydrogen) atoms. The maximum Gasteiger partial charge on any atom is 0.337 e. The number of aliphatic hydroxyl groups is 1. The van der Waals surface area contributed by atoms with Crippen LogP contribution in [0.4, 0.5) is 11.4 Å². The summed E-state index contributed by atoms with van der Waals surface area (Å²) in [5, 5.41) is 39.1. The monoisotopic (exact) mass is 413 g/mol. The topological polar surface area (TPSA) is 132 Å². The minimum atomic E-state index is -1.10. The van der Waals surface area contributed by atoms with Crippen molar-refractivity contribution in [1.82, 2.24) is 5.32 Å². The van der Waals surface area contributed by atoms with Gasteiger partial charge in [0.15, 0.2) is 0 Å². The molecule has 1 unspecified atom stereocenters. The number of carboxylic acids is 1. The summed E-state index contributed by atoms with van der Waals surface area (Å²) in [5.74, 6) is -1.93. The zero-order chi connectivity index (χ0) is 21.9. The molecule has 2 aromatic carbocycles. The van der Waals surface area contributed by atoms with Gasteiger partial charge in [-0.3, -0.25) is 4.79 Å². The van der Waals surface area contributed by atoms with Gasteiger partial charge in [-0.2, -0.15) is 5.11 Å². The second-order valence-corrected chi connectivity index (χ2v) is 6.92. The van der Waals surface area contributed by atoms with Crippen LogP contribution in [0.15, 0.2) is 52.7 Å². The molecule has 0 spiro atoms. The minimum absolute atomic E-state index is 0.0227. The molecule has 8 nitrogen and oxygen atoms in total. The van der Waals surface area contributed by atoms with Gasteiger partial charge in [-0.15, -0.1) is 5.11 Å². The molecule has 1 atom stereocenters. The van der Waals surface area contributed by atoms with Crippen molar-refractivity contribution in [1.29, 1.82) is 0 Å². The number of benzene rings is 2. The van der Waals surface area contributed by atoms with E-state index >= 15 is 0 Å². The third-order valence-electron chi connectivity index (χ3n) is 4.66. The van der Waals surface area contributed by atoms with Gasteiger partial charge in [0.1, 0.15) is 11.4 Å². The summed E-state index contributed by atoms with van der Waals surface area (Å²) < 4.78 is 0. The van der Waals surface area contributed by atoms with E-state index in [-0.39, 0.29) is 29.5 Å². The van der Waals surface area contributed by atoms with Crippen molar-refractivity contribution in [2.75, 3.05) is 13.2 Å². The number of unbranched alkanes of at least 4 members (excludes halogenated alkanes) is 3. The Bertz CT molecular complexity index is 898. The van der Waals surface area contributed by atoms with E-state index in [9.17, 15) is 19.8 Å². The van der Waals surface area contributed by atoms with E-state index in [4.69, 9.17) is 5.11 Å². The van der Waals surface area contributed by atoms with E-state index in [1.54, 1.807) is 31.2 Å². The van der Waals surface area contributed by atoms with Crippen LogP contribution in [0.5, 0.6) is 5.75 Å². The number of carboxylic acid groups (broad SMARTS) is 1. The second-order valence-electron chi connectivity index (χ2n) is 6.92. The molecule has 8 heteroatoms. The highest BCUT2D eigenvalue weighted by atomic mass is 16.4. The van der Waals surface area contributed by atoms with Crippen molar-refractivity contribution >= 4 is 23.3 Å². The molecule has 0 aliphatic carbocycles. The lowest BCUT2D eigenvalue weighted by Gasteiger charge is -2.14. The van der Waals surface area contributed by atoms with Crippen LogP contribution in [0, 0.1) is 0 Å². The lowest BCUT2D eigenvalue weighted by atomic mass is 9.98. The molecule has 4 N–H and O–H groups in total. The van der Waals surface area contributed by atoms with Crippen molar-refractivity contribution in [2.45, 2.75) is 38.5 Å². The van der Waals surface area contributed by atoms with Gasteiger partial charge in [0.2, 0.25) is 5.91 Å². The summed E-state index contributed by atoms with van der Waals surface area (Å²) in [6.45, 7) is 2.40. The molecule has 0 radical (unpaired) electrons. The smallest absolute Gasteiger partial charge is 0.337 e. The largest absolute Gasteiger partial charge is 0.508 e. The van der Waals surface area contributed by atoms with Crippen molar-refractivity contribution in [3.05, 3.63) is 53.6 Å². The van der Waals surface area contributed by atoms with Gasteiger partial charge in [-0.25, -0.2) is 4.79 Å². The van der Waals surface area contributed by atoms with Gasteiger partial charge in [0.05, 0.1) is 17.2 Å². The summed E-state index contributed by atoms with van der Waals surface area (Å²) in [5.41, 5.74) is 1.06. The van der Waals surface area contributed by atoms with Crippen LogP contribution in [0.1, 0.15) is 54.4 Å². The number of aromatic hydroxyl groups is 1. The first-order valence-corrected chi connectivity index (χ1v) is 9.89. The maximum atomic E-state index is 12.4. The molecule has 0 aliphatic rings. The van der Waals surface area contributed by atoms with Crippen LogP contribution in [-0.2, 0) is 4.79 Å². The number of phenolic OH excluding ortho intramolecular Hbond substituents is 1. The predicted octanol–water partition coefficient (Wildman–Crippen LogP) is 4.28. The fourth-order valence-electron chi connectivity index (χ4n) is 2.90. The van der Waals surface area contributed by atoms with Crippen molar-refractivity contribution in [3.63, 3.8) is 0 Å². The van der Waals surface area contributed by atoms with Gasteiger partial charge in [-0.1, -0.05) is 25.0 Å². The Hall–Kier alpha value is -3.26.